The quantitative estimate of drug-likeness (QED) is 0.376. The van der Waals surface area contributed by atoms with Gasteiger partial charge in [0.25, 0.3) is 5.91 Å². The lowest BCUT2D eigenvalue weighted by atomic mass is 9.58. The first-order valence-corrected chi connectivity index (χ1v) is 12.9. The van der Waals surface area contributed by atoms with Crippen molar-refractivity contribution in [1.82, 2.24) is 19.9 Å². The Labute approximate surface area is 226 Å². The first kappa shape index (κ1) is 24.6. The molecule has 4 heterocycles. The van der Waals surface area contributed by atoms with Crippen molar-refractivity contribution in [3.63, 3.8) is 0 Å². The van der Waals surface area contributed by atoms with Gasteiger partial charge in [-0.05, 0) is 62.1 Å². The molecule has 3 N–H and O–H groups in total. The van der Waals surface area contributed by atoms with E-state index in [1.54, 1.807) is 36.0 Å². The van der Waals surface area contributed by atoms with Crippen LogP contribution in [0.25, 0.3) is 16.6 Å². The van der Waals surface area contributed by atoms with Gasteiger partial charge in [0.05, 0.1) is 40.0 Å². The van der Waals surface area contributed by atoms with Crippen molar-refractivity contribution in [2.75, 3.05) is 0 Å². The van der Waals surface area contributed by atoms with Gasteiger partial charge in [-0.3, -0.25) is 9.78 Å². The highest BCUT2D eigenvalue weighted by Crippen LogP contribution is 2.53. The number of fused-ring (bicyclic) bond motifs is 9. The maximum Gasteiger partial charge on any atom is 0.387 e. The van der Waals surface area contributed by atoms with E-state index in [-0.39, 0.29) is 22.9 Å². The number of carbonyl (C=O) groups is 1. The summed E-state index contributed by atoms with van der Waals surface area (Å²) in [7, 11) is 0. The number of halogens is 3. The van der Waals surface area contributed by atoms with Gasteiger partial charge in [0.15, 0.2) is 0 Å². The van der Waals surface area contributed by atoms with Crippen molar-refractivity contribution in [3.8, 4) is 22.9 Å². The molecular formula is C29H23F3N6O2. The minimum atomic E-state index is -3.04. The molecule has 0 saturated heterocycles. The summed E-state index contributed by atoms with van der Waals surface area (Å²) in [6.45, 7) is -1.25. The molecule has 11 heteroatoms. The van der Waals surface area contributed by atoms with E-state index in [9.17, 15) is 18.8 Å². The molecule has 1 fully saturated rings. The van der Waals surface area contributed by atoms with E-state index in [1.165, 1.54) is 18.2 Å². The zero-order valence-corrected chi connectivity index (χ0v) is 21.3. The summed E-state index contributed by atoms with van der Waals surface area (Å²) < 4.78 is 48.4. The number of benzene rings is 1. The van der Waals surface area contributed by atoms with Crippen LogP contribution in [0.3, 0.4) is 0 Å². The molecule has 7 rings (SSSR count). The number of rotatable bonds is 4. The van der Waals surface area contributed by atoms with Crippen LogP contribution in [-0.2, 0) is 5.54 Å². The van der Waals surface area contributed by atoms with Gasteiger partial charge in [-0.2, -0.15) is 19.1 Å². The molecule has 40 heavy (non-hydrogen) atoms. The van der Waals surface area contributed by atoms with Gasteiger partial charge in [-0.25, -0.2) is 8.91 Å². The first-order chi connectivity index (χ1) is 19.1. The summed E-state index contributed by atoms with van der Waals surface area (Å²) >= 11 is 0. The number of alkyl halides is 2. The van der Waals surface area contributed by atoms with Gasteiger partial charge in [-0.15, -0.1) is 0 Å². The lowest BCUT2D eigenvalue weighted by molar-refractivity contribution is -0.0505. The maximum absolute atomic E-state index is 15.3. The molecule has 1 saturated carbocycles. The van der Waals surface area contributed by atoms with E-state index in [0.29, 0.717) is 47.2 Å². The molecule has 1 amide bonds. The standard InChI is InChI=1S/C29H23F3N6O2/c1-28(13-33)11-29(34,12-28)25-18(30)7-15(10-35-25)14-5-6-38-20(8-14)23-17-9-19(24(23)37-38)36-26(39)16-3-2-4-21(22(16)17)40-27(31)32/h2-8,10,17,19,27H,9,11-12,34H2,1H3,(H,36,39). The van der Waals surface area contributed by atoms with E-state index in [0.717, 1.165) is 5.56 Å². The Morgan fingerprint density at radius 2 is 2.02 bits per heavy atom. The van der Waals surface area contributed by atoms with Crippen LogP contribution in [-0.4, -0.2) is 27.1 Å². The summed E-state index contributed by atoms with van der Waals surface area (Å²) in [5.74, 6) is -1.38. The number of hydrogen-bond donors (Lipinski definition) is 2. The lowest BCUT2D eigenvalue weighted by Gasteiger charge is -2.48. The number of ether oxygens (including phenoxy) is 1. The Hall–Kier alpha value is -4.43. The van der Waals surface area contributed by atoms with Gasteiger partial charge in [0.2, 0.25) is 0 Å². The van der Waals surface area contributed by atoms with Crippen molar-refractivity contribution in [3.05, 3.63) is 82.7 Å². The predicted molar refractivity (Wildman–Crippen MR) is 137 cm³/mol. The molecule has 2 unspecified atom stereocenters. The Morgan fingerprint density at radius 1 is 1.23 bits per heavy atom. The SMILES string of the molecule is CC1(C#N)CC(N)(c2ncc(-c3ccn4nc5c(c4c3)C3CC5NC(=O)c4cccc(OC(F)F)c43)cc2F)C1. The second-order valence-corrected chi connectivity index (χ2v) is 11.2. The second-order valence-electron chi connectivity index (χ2n) is 11.2. The van der Waals surface area contributed by atoms with E-state index in [2.05, 4.69) is 16.4 Å². The Bertz CT molecular complexity index is 1770. The number of nitrogens with zero attached hydrogens (tertiary/aromatic N) is 4. The van der Waals surface area contributed by atoms with Crippen molar-refractivity contribution in [1.29, 1.82) is 5.26 Å². The maximum atomic E-state index is 15.3. The average Bonchev–Trinajstić information content (AvgIpc) is 3.39. The van der Waals surface area contributed by atoms with E-state index < -0.39 is 35.3 Å². The fourth-order valence-electron chi connectivity index (χ4n) is 6.82. The summed E-state index contributed by atoms with van der Waals surface area (Å²) in [4.78, 5) is 17.3. The third kappa shape index (κ3) is 3.52. The number of nitriles is 1. The molecule has 3 aromatic heterocycles. The lowest BCUT2D eigenvalue weighted by Crippen LogP contribution is -2.54. The van der Waals surface area contributed by atoms with E-state index >= 15 is 4.39 Å². The van der Waals surface area contributed by atoms with Crippen LogP contribution < -0.4 is 15.8 Å². The van der Waals surface area contributed by atoms with Gasteiger partial charge >= 0.3 is 6.61 Å². The van der Waals surface area contributed by atoms with Gasteiger partial charge in [-0.1, -0.05) is 6.07 Å². The van der Waals surface area contributed by atoms with Crippen LogP contribution >= 0.6 is 0 Å². The number of aromatic nitrogens is 3. The van der Waals surface area contributed by atoms with Crippen LogP contribution in [0.4, 0.5) is 13.2 Å². The summed E-state index contributed by atoms with van der Waals surface area (Å²) in [5.41, 5.74) is 8.99. The highest BCUT2D eigenvalue weighted by molar-refractivity contribution is 5.98. The number of amides is 1. The second kappa shape index (κ2) is 8.29. The third-order valence-electron chi connectivity index (χ3n) is 8.36. The predicted octanol–water partition coefficient (Wildman–Crippen LogP) is 4.93. The van der Waals surface area contributed by atoms with Crippen molar-refractivity contribution < 1.29 is 22.7 Å². The molecule has 0 radical (unpaired) electrons. The van der Waals surface area contributed by atoms with Crippen molar-refractivity contribution in [2.45, 2.75) is 50.3 Å². The fraction of sp³-hybridized carbons (Fsp3) is 0.310. The molecular weight excluding hydrogens is 521 g/mol. The summed E-state index contributed by atoms with van der Waals surface area (Å²) in [6.07, 6.45) is 4.40. The minimum Gasteiger partial charge on any atom is -0.434 e. The van der Waals surface area contributed by atoms with Crippen LogP contribution in [0.5, 0.6) is 5.75 Å². The summed E-state index contributed by atoms with van der Waals surface area (Å²) in [6, 6.07) is 11.4. The number of nitrogens with one attached hydrogen (secondary N) is 1. The van der Waals surface area contributed by atoms with Crippen molar-refractivity contribution >= 4 is 11.4 Å². The normalized spacial score (nSPS) is 26.5. The average molecular weight is 545 g/mol. The molecule has 0 spiro atoms. The Balaban J connectivity index is 1.31. The van der Waals surface area contributed by atoms with Gasteiger partial charge in [0, 0.05) is 40.6 Å². The molecule has 1 aliphatic heterocycles. The van der Waals surface area contributed by atoms with Gasteiger partial charge < -0.3 is 15.8 Å². The molecule has 2 bridgehead atoms. The first-order valence-electron chi connectivity index (χ1n) is 12.9. The topological polar surface area (TPSA) is 118 Å². The number of nitrogens with two attached hydrogens (primary N) is 1. The molecule has 2 aliphatic carbocycles. The Kier molecular flexibility index (Phi) is 5.10. The molecule has 202 valence electrons. The monoisotopic (exact) mass is 544 g/mol. The zero-order chi connectivity index (χ0) is 28.0. The molecule has 1 aromatic carbocycles. The van der Waals surface area contributed by atoms with Gasteiger partial charge in [0.1, 0.15) is 11.6 Å². The smallest absolute Gasteiger partial charge is 0.387 e. The summed E-state index contributed by atoms with van der Waals surface area (Å²) in [5, 5.41) is 17.0. The minimum absolute atomic E-state index is 0.0438. The molecule has 4 aromatic rings. The van der Waals surface area contributed by atoms with Crippen LogP contribution in [0.15, 0.2) is 48.8 Å². The van der Waals surface area contributed by atoms with Crippen molar-refractivity contribution in [2.24, 2.45) is 11.1 Å². The third-order valence-corrected chi connectivity index (χ3v) is 8.36. The highest BCUT2D eigenvalue weighted by Gasteiger charge is 2.53. The number of hydrogen-bond acceptors (Lipinski definition) is 6. The van der Waals surface area contributed by atoms with Crippen LogP contribution in [0.2, 0.25) is 0 Å². The highest BCUT2D eigenvalue weighted by atomic mass is 19.3. The fourth-order valence-corrected chi connectivity index (χ4v) is 6.82. The number of carbonyl (C=O) groups excluding carboxylic acids is 1. The number of pyridine rings is 2. The van der Waals surface area contributed by atoms with E-state index in [4.69, 9.17) is 15.6 Å². The largest absolute Gasteiger partial charge is 0.434 e. The van der Waals surface area contributed by atoms with E-state index in [1.807, 2.05) is 6.07 Å². The molecule has 2 atom stereocenters. The Morgan fingerprint density at radius 3 is 2.75 bits per heavy atom. The molecule has 8 nitrogen and oxygen atoms in total. The van der Waals surface area contributed by atoms with Crippen LogP contribution in [0.1, 0.15) is 71.0 Å². The zero-order valence-electron chi connectivity index (χ0n) is 21.3. The molecule has 3 aliphatic rings. The van der Waals surface area contributed by atoms with Crippen LogP contribution in [0, 0.1) is 22.6 Å².